The van der Waals surface area contributed by atoms with E-state index in [1.807, 2.05) is 5.32 Å². The first-order chi connectivity index (χ1) is 12.8. The lowest BCUT2D eigenvalue weighted by atomic mass is 10.1. The van der Waals surface area contributed by atoms with Gasteiger partial charge < -0.3 is 37.6 Å². The Balaban J connectivity index is 4.63. The van der Waals surface area contributed by atoms with Crippen molar-refractivity contribution < 1.29 is 39.0 Å². The first-order valence-corrected chi connectivity index (χ1v) is 8.24. The van der Waals surface area contributed by atoms with Crippen LogP contribution in [0, 0.1) is 0 Å². The number of carbonyl (C=O) groups excluding carboxylic acids is 4. The maximum Gasteiger partial charge on any atom is 0.326 e. The SMILES string of the molecule is C[C@H](NC(=O)[C@H](C)NC(=O)[C@@H](N)CCC(N)=O)C(=O)N[C@@H](CC(=O)O)C(=O)O. The lowest BCUT2D eigenvalue weighted by Gasteiger charge is -2.21. The zero-order valence-electron chi connectivity index (χ0n) is 15.4. The first-order valence-electron chi connectivity index (χ1n) is 8.24. The minimum atomic E-state index is -1.66. The summed E-state index contributed by atoms with van der Waals surface area (Å²) in [5.41, 5.74) is 10.5. The molecule has 13 heteroatoms. The minimum absolute atomic E-state index is 0.00549. The van der Waals surface area contributed by atoms with Gasteiger partial charge in [0, 0.05) is 6.42 Å². The molecule has 0 bridgehead atoms. The van der Waals surface area contributed by atoms with Crippen LogP contribution in [-0.2, 0) is 28.8 Å². The summed E-state index contributed by atoms with van der Waals surface area (Å²) >= 11 is 0. The van der Waals surface area contributed by atoms with Crippen LogP contribution in [0.3, 0.4) is 0 Å². The van der Waals surface area contributed by atoms with E-state index in [9.17, 15) is 28.8 Å². The van der Waals surface area contributed by atoms with Crippen LogP contribution in [0.15, 0.2) is 0 Å². The normalized spacial score (nSPS) is 14.7. The number of hydrogen-bond acceptors (Lipinski definition) is 7. The number of hydrogen-bond donors (Lipinski definition) is 7. The number of aliphatic carboxylic acids is 2. The van der Waals surface area contributed by atoms with Gasteiger partial charge >= 0.3 is 11.9 Å². The molecule has 0 fully saturated rings. The van der Waals surface area contributed by atoms with E-state index >= 15 is 0 Å². The van der Waals surface area contributed by atoms with Gasteiger partial charge in [0.05, 0.1) is 12.5 Å². The molecule has 0 rings (SSSR count). The molecule has 0 aromatic rings. The van der Waals surface area contributed by atoms with E-state index in [1.165, 1.54) is 13.8 Å². The largest absolute Gasteiger partial charge is 0.481 e. The Hall–Kier alpha value is -3.22. The number of nitrogens with one attached hydrogen (secondary N) is 3. The fraction of sp³-hybridized carbons (Fsp3) is 0.600. The molecule has 9 N–H and O–H groups in total. The summed E-state index contributed by atoms with van der Waals surface area (Å²) < 4.78 is 0. The van der Waals surface area contributed by atoms with Crippen LogP contribution in [0.1, 0.15) is 33.1 Å². The predicted octanol–water partition coefficient (Wildman–Crippen LogP) is -3.37. The van der Waals surface area contributed by atoms with E-state index in [1.54, 1.807) is 0 Å². The summed E-state index contributed by atoms with van der Waals surface area (Å²) in [6, 6.07) is -5.01. The highest BCUT2D eigenvalue weighted by Gasteiger charge is 2.27. The third-order valence-corrected chi connectivity index (χ3v) is 3.54. The van der Waals surface area contributed by atoms with E-state index in [2.05, 4.69) is 10.6 Å². The second-order valence-electron chi connectivity index (χ2n) is 6.07. The highest BCUT2D eigenvalue weighted by molar-refractivity contribution is 5.94. The Morgan fingerprint density at radius 3 is 1.75 bits per heavy atom. The van der Waals surface area contributed by atoms with Gasteiger partial charge in [0.15, 0.2) is 0 Å². The van der Waals surface area contributed by atoms with E-state index in [4.69, 9.17) is 21.7 Å². The van der Waals surface area contributed by atoms with E-state index < -0.39 is 66.2 Å². The molecule has 0 radical (unpaired) electrons. The molecule has 13 nitrogen and oxygen atoms in total. The smallest absolute Gasteiger partial charge is 0.326 e. The monoisotopic (exact) mass is 403 g/mol. The van der Waals surface area contributed by atoms with E-state index in [0.29, 0.717) is 0 Å². The van der Waals surface area contributed by atoms with Crippen molar-refractivity contribution in [3.05, 3.63) is 0 Å². The standard InChI is InChI=1S/C15H25N5O8/c1-6(19-14(26)8(16)3-4-10(17)21)12(24)18-7(2)13(25)20-9(15(27)28)5-11(22)23/h6-9H,3-5,16H2,1-2H3,(H2,17,21)(H,18,24)(H,19,26)(H,20,25)(H,22,23)(H,27,28)/t6-,7-,8-,9-/m0/s1. The predicted molar refractivity (Wildman–Crippen MR) is 93.4 cm³/mol. The highest BCUT2D eigenvalue weighted by atomic mass is 16.4. The molecule has 28 heavy (non-hydrogen) atoms. The zero-order valence-corrected chi connectivity index (χ0v) is 15.4. The van der Waals surface area contributed by atoms with Crippen molar-refractivity contribution in [1.29, 1.82) is 0 Å². The number of nitrogens with two attached hydrogens (primary N) is 2. The van der Waals surface area contributed by atoms with Crippen LogP contribution >= 0.6 is 0 Å². The maximum absolute atomic E-state index is 12.0. The lowest BCUT2D eigenvalue weighted by molar-refractivity contribution is -0.147. The van der Waals surface area contributed by atoms with Gasteiger partial charge in [0.2, 0.25) is 23.6 Å². The van der Waals surface area contributed by atoms with Crippen LogP contribution in [-0.4, -0.2) is 69.9 Å². The average Bonchev–Trinajstić information content (AvgIpc) is 2.57. The van der Waals surface area contributed by atoms with Gasteiger partial charge in [0.25, 0.3) is 0 Å². The molecule has 0 spiro atoms. The Labute approximate surface area is 160 Å². The van der Waals surface area contributed by atoms with Crippen molar-refractivity contribution in [3.63, 3.8) is 0 Å². The van der Waals surface area contributed by atoms with Crippen LogP contribution in [0.4, 0.5) is 0 Å². The Kier molecular flexibility index (Phi) is 10.2. The van der Waals surface area contributed by atoms with Crippen molar-refractivity contribution in [1.82, 2.24) is 16.0 Å². The Morgan fingerprint density at radius 1 is 0.857 bits per heavy atom. The summed E-state index contributed by atoms with van der Waals surface area (Å²) in [5, 5.41) is 24.1. The molecular formula is C15H25N5O8. The fourth-order valence-corrected chi connectivity index (χ4v) is 1.89. The second kappa shape index (κ2) is 11.5. The Bertz CT molecular complexity index is 638. The molecular weight excluding hydrogens is 378 g/mol. The van der Waals surface area contributed by atoms with Gasteiger partial charge in [-0.3, -0.25) is 24.0 Å². The summed E-state index contributed by atoms with van der Waals surface area (Å²) in [4.78, 5) is 68.1. The highest BCUT2D eigenvalue weighted by Crippen LogP contribution is 1.97. The lowest BCUT2D eigenvalue weighted by Crippen LogP contribution is -2.55. The first kappa shape index (κ1) is 24.8. The molecule has 0 aromatic carbocycles. The summed E-state index contributed by atoms with van der Waals surface area (Å²) in [7, 11) is 0. The molecule has 0 aliphatic rings. The van der Waals surface area contributed by atoms with Gasteiger partial charge in [0.1, 0.15) is 18.1 Å². The third-order valence-electron chi connectivity index (χ3n) is 3.54. The topological polar surface area (TPSA) is 231 Å². The van der Waals surface area contributed by atoms with E-state index in [-0.39, 0.29) is 12.8 Å². The van der Waals surface area contributed by atoms with Gasteiger partial charge in [-0.25, -0.2) is 4.79 Å². The van der Waals surface area contributed by atoms with Gasteiger partial charge in [-0.15, -0.1) is 0 Å². The number of rotatable bonds is 12. The summed E-state index contributed by atoms with van der Waals surface area (Å²) in [5.74, 6) is -5.97. The van der Waals surface area contributed by atoms with Crippen LogP contribution in [0.2, 0.25) is 0 Å². The number of amides is 4. The number of primary amides is 1. The van der Waals surface area contributed by atoms with E-state index in [0.717, 1.165) is 0 Å². The van der Waals surface area contributed by atoms with Crippen LogP contribution in [0.5, 0.6) is 0 Å². The number of carboxylic acids is 2. The molecule has 0 unspecified atom stereocenters. The minimum Gasteiger partial charge on any atom is -0.481 e. The number of carboxylic acid groups (broad SMARTS) is 2. The van der Waals surface area contributed by atoms with Crippen LogP contribution in [0.25, 0.3) is 0 Å². The van der Waals surface area contributed by atoms with Crippen LogP contribution < -0.4 is 27.4 Å². The fourth-order valence-electron chi connectivity index (χ4n) is 1.89. The van der Waals surface area contributed by atoms with Crippen molar-refractivity contribution >= 4 is 35.6 Å². The van der Waals surface area contributed by atoms with Gasteiger partial charge in [-0.2, -0.15) is 0 Å². The van der Waals surface area contributed by atoms with Crippen molar-refractivity contribution in [2.24, 2.45) is 11.5 Å². The van der Waals surface area contributed by atoms with Gasteiger partial charge in [-0.1, -0.05) is 0 Å². The summed E-state index contributed by atoms with van der Waals surface area (Å²) in [6.45, 7) is 2.57. The summed E-state index contributed by atoms with van der Waals surface area (Å²) in [6.07, 6.45) is -0.945. The molecule has 0 saturated carbocycles. The molecule has 158 valence electrons. The Morgan fingerprint density at radius 2 is 1.32 bits per heavy atom. The second-order valence-corrected chi connectivity index (χ2v) is 6.07. The molecule has 0 heterocycles. The molecule has 0 aromatic heterocycles. The van der Waals surface area contributed by atoms with Crippen molar-refractivity contribution in [2.75, 3.05) is 0 Å². The molecule has 4 atom stereocenters. The maximum atomic E-state index is 12.0. The van der Waals surface area contributed by atoms with Crippen molar-refractivity contribution in [2.45, 2.75) is 57.3 Å². The molecule has 4 amide bonds. The zero-order chi connectivity index (χ0) is 22.0. The average molecular weight is 403 g/mol. The molecule has 0 aliphatic heterocycles. The third kappa shape index (κ3) is 9.47. The van der Waals surface area contributed by atoms with Crippen molar-refractivity contribution in [3.8, 4) is 0 Å². The molecule has 0 aliphatic carbocycles. The van der Waals surface area contributed by atoms with Gasteiger partial charge in [-0.05, 0) is 20.3 Å². The number of carbonyl (C=O) groups is 6. The quantitative estimate of drug-likeness (QED) is 0.172. The molecule has 0 saturated heterocycles.